The number of halogens is 2. The van der Waals surface area contributed by atoms with E-state index in [1.165, 1.54) is 12.1 Å². The van der Waals surface area contributed by atoms with E-state index in [-0.39, 0.29) is 14.3 Å². The molecule has 0 saturated heterocycles. The molecule has 23 heavy (non-hydrogen) atoms. The fourth-order valence-electron chi connectivity index (χ4n) is 2.26. The Labute approximate surface area is 144 Å². The fourth-order valence-corrected chi connectivity index (χ4v) is 4.14. The maximum Gasteiger partial charge on any atom is 0.218 e. The molecule has 0 atom stereocenters. The average molecular weight is 363 g/mol. The highest BCUT2D eigenvalue weighted by molar-refractivity contribution is 7.97. The van der Waals surface area contributed by atoms with Crippen molar-refractivity contribution >= 4 is 48.8 Å². The van der Waals surface area contributed by atoms with Crippen LogP contribution in [0.3, 0.4) is 0 Å². The van der Waals surface area contributed by atoms with E-state index in [9.17, 15) is 8.42 Å². The summed E-state index contributed by atoms with van der Waals surface area (Å²) in [5.74, 6) is 0. The minimum Gasteiger partial charge on any atom is -0.218 e. The maximum absolute atomic E-state index is 12.5. The number of sulfone groups is 1. The predicted octanol–water partition coefficient (Wildman–Crippen LogP) is 5.42. The summed E-state index contributed by atoms with van der Waals surface area (Å²) in [5, 5.41) is 2.02. The first-order valence-electron chi connectivity index (χ1n) is 6.85. The number of rotatable bonds is 3. The first-order valence-corrected chi connectivity index (χ1v) is 9.08. The maximum atomic E-state index is 12.5. The van der Waals surface area contributed by atoms with Crippen LogP contribution in [-0.4, -0.2) is 8.42 Å². The molecule has 0 radical (unpaired) electrons. The van der Waals surface area contributed by atoms with E-state index in [0.29, 0.717) is 5.56 Å². The van der Waals surface area contributed by atoms with Crippen molar-refractivity contribution in [1.82, 2.24) is 0 Å². The summed E-state index contributed by atoms with van der Waals surface area (Å²) in [4.78, 5) is 0.115. The third kappa shape index (κ3) is 3.13. The summed E-state index contributed by atoms with van der Waals surface area (Å²) in [6, 6.07) is 21.2. The van der Waals surface area contributed by atoms with Crippen molar-refractivity contribution in [2.24, 2.45) is 0 Å². The zero-order valence-electron chi connectivity index (χ0n) is 11.9. The van der Waals surface area contributed by atoms with E-state index in [2.05, 4.69) is 0 Å². The molecule has 3 rings (SSSR count). The number of benzene rings is 3. The van der Waals surface area contributed by atoms with E-state index < -0.39 is 9.84 Å². The van der Waals surface area contributed by atoms with Crippen molar-refractivity contribution in [2.75, 3.05) is 0 Å². The molecule has 116 valence electrons. The van der Waals surface area contributed by atoms with Gasteiger partial charge in [0.05, 0.1) is 9.93 Å². The Kier molecular flexibility index (Phi) is 4.44. The molecule has 5 heteroatoms. The van der Waals surface area contributed by atoms with Gasteiger partial charge in [-0.15, -0.1) is 0 Å². The lowest BCUT2D eigenvalue weighted by atomic mass is 10.1. The Bertz CT molecular complexity index is 994. The van der Waals surface area contributed by atoms with Crippen molar-refractivity contribution in [3.8, 4) is 0 Å². The van der Waals surface area contributed by atoms with Gasteiger partial charge < -0.3 is 0 Å². The van der Waals surface area contributed by atoms with Crippen LogP contribution < -0.4 is 0 Å². The molecule has 0 aliphatic rings. The normalized spacial score (nSPS) is 13.0. The van der Waals surface area contributed by atoms with E-state index in [1.54, 1.807) is 24.3 Å². The molecule has 0 saturated carbocycles. The Morgan fingerprint density at radius 1 is 0.739 bits per heavy atom. The Morgan fingerprint density at radius 2 is 1.35 bits per heavy atom. The van der Waals surface area contributed by atoms with Gasteiger partial charge in [0.1, 0.15) is 0 Å². The Hall–Kier alpha value is -1.81. The van der Waals surface area contributed by atoms with Crippen LogP contribution in [0.1, 0.15) is 5.56 Å². The summed E-state index contributed by atoms with van der Waals surface area (Å²) in [6.07, 6.45) is 0. The predicted molar refractivity (Wildman–Crippen MR) is 96.2 cm³/mol. The van der Waals surface area contributed by atoms with Gasteiger partial charge in [0.15, 0.2) is 4.36 Å². The van der Waals surface area contributed by atoms with Crippen molar-refractivity contribution in [1.29, 1.82) is 0 Å². The molecule has 0 bridgehead atoms. The molecule has 0 amide bonds. The van der Waals surface area contributed by atoms with Gasteiger partial charge in [0.2, 0.25) is 9.84 Å². The molecule has 0 unspecified atom stereocenters. The van der Waals surface area contributed by atoms with E-state index in [0.717, 1.165) is 10.8 Å². The number of hydrogen-bond acceptors (Lipinski definition) is 2. The molecular formula is C18H12Cl2O2S. The van der Waals surface area contributed by atoms with Crippen LogP contribution in [0.25, 0.3) is 15.8 Å². The van der Waals surface area contributed by atoms with Crippen molar-refractivity contribution in [2.45, 2.75) is 4.90 Å². The first-order chi connectivity index (χ1) is 11.0. The van der Waals surface area contributed by atoms with Crippen molar-refractivity contribution in [3.63, 3.8) is 0 Å². The molecule has 0 aliphatic heterocycles. The molecule has 0 fully saturated rings. The highest BCUT2D eigenvalue weighted by Gasteiger charge is 2.22. The molecular weight excluding hydrogens is 351 g/mol. The molecule has 3 aromatic carbocycles. The van der Waals surface area contributed by atoms with Crippen LogP contribution in [0.5, 0.6) is 0 Å². The van der Waals surface area contributed by atoms with E-state index in [4.69, 9.17) is 23.2 Å². The van der Waals surface area contributed by atoms with Crippen LogP contribution in [0, 0.1) is 0 Å². The molecule has 0 heterocycles. The van der Waals surface area contributed by atoms with Crippen LogP contribution >= 0.6 is 23.2 Å². The third-order valence-corrected chi connectivity index (χ3v) is 6.45. The van der Waals surface area contributed by atoms with Gasteiger partial charge in [-0.05, 0) is 34.5 Å². The largest absolute Gasteiger partial charge is 0.218 e. The average Bonchev–Trinajstić information content (AvgIpc) is 2.60. The van der Waals surface area contributed by atoms with Crippen LogP contribution in [-0.2, 0) is 9.84 Å². The lowest BCUT2D eigenvalue weighted by Gasteiger charge is -2.07. The number of fused-ring (bicyclic) bond motifs is 1. The summed E-state index contributed by atoms with van der Waals surface area (Å²) >= 11 is 12.4. The smallest absolute Gasteiger partial charge is 0.218 e. The second kappa shape index (κ2) is 6.36. The fraction of sp³-hybridized carbons (Fsp3) is 0. The van der Waals surface area contributed by atoms with Gasteiger partial charge in [-0.25, -0.2) is 8.42 Å². The zero-order valence-corrected chi connectivity index (χ0v) is 14.2. The molecule has 0 aliphatic carbocycles. The summed E-state index contributed by atoms with van der Waals surface area (Å²) in [7, 11) is -3.83. The van der Waals surface area contributed by atoms with Gasteiger partial charge >= 0.3 is 0 Å². The topological polar surface area (TPSA) is 34.1 Å². The monoisotopic (exact) mass is 362 g/mol. The standard InChI is InChI=1S/C18H12Cl2O2S/c19-17(15-11-10-13-6-4-5-7-14(13)12-15)18(20)23(21,22)16-8-2-1-3-9-16/h1-12H/b18-17+. The summed E-state index contributed by atoms with van der Waals surface area (Å²) < 4.78 is 24.7. The van der Waals surface area contributed by atoms with Crippen molar-refractivity contribution in [3.05, 3.63) is 82.7 Å². The lowest BCUT2D eigenvalue weighted by molar-refractivity contribution is 0.604. The van der Waals surface area contributed by atoms with Gasteiger partial charge in [-0.2, -0.15) is 0 Å². The minimum atomic E-state index is -3.83. The molecule has 0 spiro atoms. The van der Waals surface area contributed by atoms with Gasteiger partial charge in [0, 0.05) is 0 Å². The molecule has 0 aromatic heterocycles. The Morgan fingerprint density at radius 3 is 2.04 bits per heavy atom. The Balaban J connectivity index is 2.12. The summed E-state index contributed by atoms with van der Waals surface area (Å²) in [5.41, 5.74) is 0.565. The van der Waals surface area contributed by atoms with Gasteiger partial charge in [-0.1, -0.05) is 77.8 Å². The van der Waals surface area contributed by atoms with Crippen LogP contribution in [0.15, 0.2) is 82.1 Å². The lowest BCUT2D eigenvalue weighted by Crippen LogP contribution is -2.02. The quantitative estimate of drug-likeness (QED) is 0.623. The summed E-state index contributed by atoms with van der Waals surface area (Å²) in [6.45, 7) is 0. The molecule has 0 N–H and O–H groups in total. The van der Waals surface area contributed by atoms with Gasteiger partial charge in [0.25, 0.3) is 0 Å². The van der Waals surface area contributed by atoms with Crippen LogP contribution in [0.4, 0.5) is 0 Å². The highest BCUT2D eigenvalue weighted by atomic mass is 35.5. The SMILES string of the molecule is O=S(=O)(/C(Cl)=C(/Cl)c1ccc2ccccc2c1)c1ccccc1. The zero-order chi connectivity index (χ0) is 16.4. The number of hydrogen-bond donors (Lipinski definition) is 0. The highest BCUT2D eigenvalue weighted by Crippen LogP contribution is 2.34. The van der Waals surface area contributed by atoms with Crippen LogP contribution in [0.2, 0.25) is 0 Å². The second-order valence-electron chi connectivity index (χ2n) is 4.97. The minimum absolute atomic E-state index is 0.0151. The second-order valence-corrected chi connectivity index (χ2v) is 7.83. The van der Waals surface area contributed by atoms with E-state index in [1.807, 2.05) is 36.4 Å². The van der Waals surface area contributed by atoms with Gasteiger partial charge in [-0.3, -0.25) is 0 Å². The molecule has 3 aromatic rings. The third-order valence-electron chi connectivity index (χ3n) is 3.46. The first kappa shape index (κ1) is 16.1. The van der Waals surface area contributed by atoms with Crippen molar-refractivity contribution < 1.29 is 8.42 Å². The van der Waals surface area contributed by atoms with E-state index >= 15 is 0 Å². The molecule has 2 nitrogen and oxygen atoms in total.